The molecule has 2 rings (SSSR count). The van der Waals surface area contributed by atoms with Crippen molar-refractivity contribution in [3.63, 3.8) is 0 Å². The molecule has 1 N–H and O–H groups in total. The van der Waals surface area contributed by atoms with Gasteiger partial charge in [0.25, 0.3) is 0 Å². The van der Waals surface area contributed by atoms with E-state index in [-0.39, 0.29) is 5.91 Å². The number of hydrogen-bond acceptors (Lipinski definition) is 4. The predicted molar refractivity (Wildman–Crippen MR) is 123 cm³/mol. The number of aryl methyl sites for hydroxylation is 2. The maximum atomic E-state index is 12.6. The van der Waals surface area contributed by atoms with E-state index in [1.165, 1.54) is 15.4 Å². The molecule has 0 aliphatic heterocycles. The molecule has 0 aliphatic rings. The minimum Gasteiger partial charge on any atom is -0.353 e. The van der Waals surface area contributed by atoms with Crippen molar-refractivity contribution in [3.8, 4) is 0 Å². The summed E-state index contributed by atoms with van der Waals surface area (Å²) >= 11 is 1.73. The average molecular weight is 435 g/mol. The summed E-state index contributed by atoms with van der Waals surface area (Å²) in [7, 11) is -3.59. The van der Waals surface area contributed by atoms with Crippen LogP contribution in [0.2, 0.25) is 0 Å². The highest BCUT2D eigenvalue weighted by molar-refractivity contribution is 7.98. The monoisotopic (exact) mass is 434 g/mol. The molecule has 29 heavy (non-hydrogen) atoms. The zero-order valence-electron chi connectivity index (χ0n) is 17.5. The Kier molecular flexibility index (Phi) is 8.59. The molecule has 0 unspecified atom stereocenters. The number of amides is 1. The predicted octanol–water partition coefficient (Wildman–Crippen LogP) is 3.76. The fourth-order valence-electron chi connectivity index (χ4n) is 2.96. The van der Waals surface area contributed by atoms with Crippen LogP contribution in [-0.2, 0) is 27.0 Å². The van der Waals surface area contributed by atoms with Gasteiger partial charge in [0, 0.05) is 18.1 Å². The molecule has 0 aliphatic carbocycles. The van der Waals surface area contributed by atoms with Crippen LogP contribution in [0.3, 0.4) is 0 Å². The molecule has 1 atom stereocenters. The van der Waals surface area contributed by atoms with E-state index in [9.17, 15) is 13.2 Å². The highest BCUT2D eigenvalue weighted by atomic mass is 32.2. The standard InChI is InChI=1S/C22H30N2O3S2/c1-5-19-10-12-21(13-11-19)24(29(4,26)27)18(3)22(25)23-14-15-28-16-20-8-6-17(2)7-9-20/h6-13,18H,5,14-16H2,1-4H3,(H,23,25)/t18-/m0/s1. The Bertz CT molecular complexity index is 895. The summed E-state index contributed by atoms with van der Waals surface area (Å²) in [6, 6.07) is 14.9. The van der Waals surface area contributed by atoms with Crippen LogP contribution >= 0.6 is 11.8 Å². The van der Waals surface area contributed by atoms with Crippen LogP contribution in [-0.4, -0.2) is 38.9 Å². The molecule has 0 spiro atoms. The summed E-state index contributed by atoms with van der Waals surface area (Å²) < 4.78 is 25.8. The highest BCUT2D eigenvalue weighted by Crippen LogP contribution is 2.21. The number of benzene rings is 2. The molecule has 0 saturated carbocycles. The zero-order valence-corrected chi connectivity index (χ0v) is 19.1. The van der Waals surface area contributed by atoms with Crippen molar-refractivity contribution in [3.05, 3.63) is 65.2 Å². The third-order valence-electron chi connectivity index (χ3n) is 4.62. The molecular formula is C22H30N2O3S2. The Morgan fingerprint density at radius 3 is 2.21 bits per heavy atom. The Morgan fingerprint density at radius 2 is 1.66 bits per heavy atom. The van der Waals surface area contributed by atoms with Gasteiger partial charge in [0.15, 0.2) is 0 Å². The minimum atomic E-state index is -3.59. The number of anilines is 1. The van der Waals surface area contributed by atoms with Crippen molar-refractivity contribution in [2.45, 2.75) is 39.0 Å². The Morgan fingerprint density at radius 1 is 1.07 bits per heavy atom. The van der Waals surface area contributed by atoms with Gasteiger partial charge in [-0.15, -0.1) is 0 Å². The maximum Gasteiger partial charge on any atom is 0.243 e. The minimum absolute atomic E-state index is 0.300. The number of carbonyl (C=O) groups excluding carboxylic acids is 1. The van der Waals surface area contributed by atoms with Gasteiger partial charge in [-0.05, 0) is 43.5 Å². The third-order valence-corrected chi connectivity index (χ3v) is 6.89. The van der Waals surface area contributed by atoms with E-state index in [4.69, 9.17) is 0 Å². The van der Waals surface area contributed by atoms with Gasteiger partial charge in [0.05, 0.1) is 11.9 Å². The van der Waals surface area contributed by atoms with Crippen LogP contribution in [0.25, 0.3) is 0 Å². The van der Waals surface area contributed by atoms with Crippen LogP contribution in [0.4, 0.5) is 5.69 Å². The lowest BCUT2D eigenvalue weighted by Gasteiger charge is -2.28. The van der Waals surface area contributed by atoms with E-state index < -0.39 is 16.1 Å². The molecule has 0 heterocycles. The first-order chi connectivity index (χ1) is 13.7. The molecule has 0 aromatic heterocycles. The van der Waals surface area contributed by atoms with Gasteiger partial charge in [0.1, 0.15) is 6.04 Å². The molecule has 5 nitrogen and oxygen atoms in total. The maximum absolute atomic E-state index is 12.6. The van der Waals surface area contributed by atoms with E-state index in [1.807, 2.05) is 19.1 Å². The highest BCUT2D eigenvalue weighted by Gasteiger charge is 2.28. The normalized spacial score (nSPS) is 12.4. The summed E-state index contributed by atoms with van der Waals surface area (Å²) in [4.78, 5) is 12.6. The fourth-order valence-corrected chi connectivity index (χ4v) is 4.95. The average Bonchev–Trinajstić information content (AvgIpc) is 2.68. The van der Waals surface area contributed by atoms with E-state index in [2.05, 4.69) is 36.5 Å². The quantitative estimate of drug-likeness (QED) is 0.578. The summed E-state index contributed by atoms with van der Waals surface area (Å²) in [5.74, 6) is 1.34. The van der Waals surface area contributed by atoms with Crippen molar-refractivity contribution in [2.75, 3.05) is 22.9 Å². The first-order valence-corrected chi connectivity index (χ1v) is 12.7. The molecule has 2 aromatic rings. The Labute approximate surface area is 178 Å². The third kappa shape index (κ3) is 7.08. The fraction of sp³-hybridized carbons (Fsp3) is 0.409. The van der Waals surface area contributed by atoms with Gasteiger partial charge < -0.3 is 5.32 Å². The molecule has 7 heteroatoms. The van der Waals surface area contributed by atoms with Crippen LogP contribution in [0, 0.1) is 6.92 Å². The van der Waals surface area contributed by atoms with Crippen molar-refractivity contribution in [1.29, 1.82) is 0 Å². The van der Waals surface area contributed by atoms with Gasteiger partial charge in [-0.2, -0.15) is 11.8 Å². The molecule has 0 bridgehead atoms. The molecule has 1 amide bonds. The van der Waals surface area contributed by atoms with Gasteiger partial charge >= 0.3 is 0 Å². The second-order valence-corrected chi connectivity index (χ2v) is 10.0. The summed E-state index contributed by atoms with van der Waals surface area (Å²) in [6.07, 6.45) is 2.00. The van der Waals surface area contributed by atoms with Crippen LogP contribution in [0.5, 0.6) is 0 Å². The Balaban J connectivity index is 1.90. The van der Waals surface area contributed by atoms with Crippen molar-refractivity contribution >= 4 is 33.4 Å². The number of thioether (sulfide) groups is 1. The first-order valence-electron chi connectivity index (χ1n) is 9.71. The topological polar surface area (TPSA) is 66.5 Å². The summed E-state index contributed by atoms with van der Waals surface area (Å²) in [5, 5.41) is 2.86. The summed E-state index contributed by atoms with van der Waals surface area (Å²) in [5.41, 5.74) is 4.10. The van der Waals surface area contributed by atoms with Gasteiger partial charge in [0.2, 0.25) is 15.9 Å². The lowest BCUT2D eigenvalue weighted by molar-refractivity contribution is -0.121. The van der Waals surface area contributed by atoms with Crippen LogP contribution < -0.4 is 9.62 Å². The van der Waals surface area contributed by atoms with E-state index >= 15 is 0 Å². The van der Waals surface area contributed by atoms with Gasteiger partial charge in [-0.25, -0.2) is 8.42 Å². The molecular weight excluding hydrogens is 404 g/mol. The number of nitrogens with one attached hydrogen (secondary N) is 1. The number of sulfonamides is 1. The zero-order chi connectivity index (χ0) is 21.4. The van der Waals surface area contributed by atoms with E-state index in [0.717, 1.165) is 29.7 Å². The second kappa shape index (κ2) is 10.7. The van der Waals surface area contributed by atoms with Gasteiger partial charge in [-0.1, -0.05) is 48.9 Å². The lowest BCUT2D eigenvalue weighted by Crippen LogP contribution is -2.48. The molecule has 0 saturated heterocycles. The number of carbonyl (C=O) groups is 1. The van der Waals surface area contributed by atoms with Crippen molar-refractivity contribution < 1.29 is 13.2 Å². The smallest absolute Gasteiger partial charge is 0.243 e. The van der Waals surface area contributed by atoms with Gasteiger partial charge in [-0.3, -0.25) is 9.10 Å². The largest absolute Gasteiger partial charge is 0.353 e. The van der Waals surface area contributed by atoms with Crippen LogP contribution in [0.15, 0.2) is 48.5 Å². The van der Waals surface area contributed by atoms with Crippen LogP contribution in [0.1, 0.15) is 30.5 Å². The van der Waals surface area contributed by atoms with Crippen molar-refractivity contribution in [2.24, 2.45) is 0 Å². The van der Waals surface area contributed by atoms with E-state index in [1.54, 1.807) is 30.8 Å². The van der Waals surface area contributed by atoms with Crippen molar-refractivity contribution in [1.82, 2.24) is 5.32 Å². The second-order valence-electron chi connectivity index (χ2n) is 7.08. The number of rotatable bonds is 10. The lowest BCUT2D eigenvalue weighted by atomic mass is 10.1. The number of hydrogen-bond donors (Lipinski definition) is 1. The molecule has 0 fully saturated rings. The number of nitrogens with zero attached hydrogens (tertiary/aromatic N) is 1. The Hall–Kier alpha value is -1.99. The SMILES string of the molecule is CCc1ccc(N([C@@H](C)C(=O)NCCSCc2ccc(C)cc2)S(C)(=O)=O)cc1. The molecule has 0 radical (unpaired) electrons. The first kappa shape index (κ1) is 23.3. The summed E-state index contributed by atoms with van der Waals surface area (Å²) in [6.45, 7) is 6.21. The molecule has 2 aromatic carbocycles. The van der Waals surface area contributed by atoms with E-state index in [0.29, 0.717) is 12.2 Å². The molecule has 158 valence electrons.